The van der Waals surface area contributed by atoms with Gasteiger partial charge in [0.25, 0.3) is 0 Å². The summed E-state index contributed by atoms with van der Waals surface area (Å²) < 4.78 is 13.3. The van der Waals surface area contributed by atoms with Crippen molar-refractivity contribution in [2.24, 2.45) is 11.8 Å². The number of fused-ring (bicyclic) bond motifs is 3. The zero-order valence-electron chi connectivity index (χ0n) is 19.8. The van der Waals surface area contributed by atoms with Gasteiger partial charge in [-0.3, -0.25) is 0 Å². The van der Waals surface area contributed by atoms with E-state index in [2.05, 4.69) is 10.1 Å². The number of carboxylic acids is 1. The number of nitrogens with zero attached hydrogens (tertiary/aromatic N) is 3. The van der Waals surface area contributed by atoms with Crippen molar-refractivity contribution in [3.63, 3.8) is 0 Å². The van der Waals surface area contributed by atoms with Crippen LogP contribution in [0.4, 0.5) is 5.13 Å². The van der Waals surface area contributed by atoms with Crippen molar-refractivity contribution in [1.82, 2.24) is 10.1 Å². The lowest BCUT2D eigenvalue weighted by Crippen LogP contribution is -2.37. The quantitative estimate of drug-likeness (QED) is 0.435. The van der Waals surface area contributed by atoms with Gasteiger partial charge in [0.15, 0.2) is 5.13 Å². The van der Waals surface area contributed by atoms with Crippen LogP contribution in [0.2, 0.25) is 0 Å². The minimum atomic E-state index is -0.902. The van der Waals surface area contributed by atoms with E-state index < -0.39 is 5.97 Å². The van der Waals surface area contributed by atoms with Gasteiger partial charge in [-0.25, -0.2) is 9.78 Å². The fourth-order valence-electron chi connectivity index (χ4n) is 6.61. The molecule has 4 fully saturated rings. The van der Waals surface area contributed by atoms with E-state index in [0.717, 1.165) is 58.9 Å². The zero-order valence-corrected chi connectivity index (χ0v) is 20.6. The highest BCUT2D eigenvalue weighted by Gasteiger charge is 2.44. The number of anilines is 1. The molecule has 1 aromatic carbocycles. The van der Waals surface area contributed by atoms with Crippen LogP contribution in [0, 0.1) is 11.8 Å². The highest BCUT2D eigenvalue weighted by molar-refractivity contribution is 7.22. The molecule has 0 amide bonds. The van der Waals surface area contributed by atoms with E-state index in [4.69, 9.17) is 14.2 Å². The van der Waals surface area contributed by atoms with Crippen molar-refractivity contribution in [2.45, 2.75) is 75.9 Å². The smallest absolute Gasteiger partial charge is 0.335 e. The molecule has 8 heteroatoms. The van der Waals surface area contributed by atoms with Crippen LogP contribution < -0.4 is 4.90 Å². The zero-order chi connectivity index (χ0) is 23.5. The van der Waals surface area contributed by atoms with Crippen molar-refractivity contribution in [1.29, 1.82) is 0 Å². The van der Waals surface area contributed by atoms with Crippen molar-refractivity contribution in [3.8, 4) is 0 Å². The molecule has 1 aliphatic heterocycles. The van der Waals surface area contributed by atoms with Gasteiger partial charge in [-0.15, -0.1) is 0 Å². The number of aromatic carboxylic acids is 1. The maximum Gasteiger partial charge on any atom is 0.335 e. The number of carboxylic acid groups (broad SMARTS) is 1. The normalized spacial score (nSPS) is 26.7. The Morgan fingerprint density at radius 1 is 1.14 bits per heavy atom. The van der Waals surface area contributed by atoms with Gasteiger partial charge >= 0.3 is 5.97 Å². The van der Waals surface area contributed by atoms with Gasteiger partial charge in [-0.2, -0.15) is 0 Å². The number of rotatable bonds is 7. The number of benzene rings is 1. The van der Waals surface area contributed by atoms with Crippen molar-refractivity contribution in [3.05, 3.63) is 40.8 Å². The molecule has 2 bridgehead atoms. The van der Waals surface area contributed by atoms with Gasteiger partial charge in [-0.1, -0.05) is 22.9 Å². The lowest BCUT2D eigenvalue weighted by molar-refractivity contribution is 0.0239. The molecular weight excluding hydrogens is 462 g/mol. The second kappa shape index (κ2) is 8.59. The fourth-order valence-corrected chi connectivity index (χ4v) is 7.67. The molecule has 3 atom stereocenters. The number of thiazole rings is 1. The molecular formula is C27H31N3O4S. The van der Waals surface area contributed by atoms with Crippen LogP contribution in [0.15, 0.2) is 22.7 Å². The monoisotopic (exact) mass is 493 g/mol. The van der Waals surface area contributed by atoms with E-state index >= 15 is 0 Å². The van der Waals surface area contributed by atoms with E-state index in [0.29, 0.717) is 24.0 Å². The van der Waals surface area contributed by atoms with Crippen molar-refractivity contribution in [2.75, 3.05) is 18.0 Å². The lowest BCUT2D eigenvalue weighted by Gasteiger charge is -2.31. The number of aromatic nitrogens is 2. The third-order valence-electron chi connectivity index (χ3n) is 8.69. The Kier molecular flexibility index (Phi) is 5.35. The Balaban J connectivity index is 1.01. The van der Waals surface area contributed by atoms with Crippen LogP contribution in [0.3, 0.4) is 0 Å². The van der Waals surface area contributed by atoms with Gasteiger partial charge in [0, 0.05) is 30.5 Å². The third-order valence-corrected chi connectivity index (χ3v) is 9.77. The standard InChI is InChI=1S/C27H31N3O4S/c31-26(32)18-5-6-22-23(13-18)35-27(28-22)30-9-7-19(8-10-30)33-14-21-24(29-34-25(21)16-3-4-16)20-12-15-1-2-17(20)11-15/h5-6,13,15-17,19-20H,1-4,7-12,14H2,(H,31,32). The molecule has 3 saturated carbocycles. The first-order chi connectivity index (χ1) is 17.1. The second-order valence-corrected chi connectivity index (χ2v) is 12.0. The molecule has 1 N–H and O–H groups in total. The van der Waals surface area contributed by atoms with E-state index in [-0.39, 0.29) is 6.10 Å². The van der Waals surface area contributed by atoms with Crippen molar-refractivity contribution >= 4 is 32.7 Å². The topological polar surface area (TPSA) is 88.7 Å². The molecule has 7 nitrogen and oxygen atoms in total. The number of piperidine rings is 1. The Bertz CT molecular complexity index is 1260. The summed E-state index contributed by atoms with van der Waals surface area (Å²) in [4.78, 5) is 18.3. The maximum atomic E-state index is 11.3. The molecule has 35 heavy (non-hydrogen) atoms. The molecule has 3 aromatic rings. The minimum Gasteiger partial charge on any atom is -0.478 e. The summed E-state index contributed by atoms with van der Waals surface area (Å²) in [5.74, 6) is 3.01. The van der Waals surface area contributed by atoms with Crippen LogP contribution >= 0.6 is 11.3 Å². The second-order valence-electron chi connectivity index (χ2n) is 10.9. The Hall–Kier alpha value is -2.45. The van der Waals surface area contributed by atoms with E-state index in [1.165, 1.54) is 49.8 Å². The van der Waals surface area contributed by atoms with Crippen LogP contribution in [-0.4, -0.2) is 40.4 Å². The maximum absolute atomic E-state index is 11.3. The van der Waals surface area contributed by atoms with Gasteiger partial charge in [0.2, 0.25) is 0 Å². The fraction of sp³-hybridized carbons (Fsp3) is 0.593. The number of hydrogen-bond acceptors (Lipinski definition) is 7. The summed E-state index contributed by atoms with van der Waals surface area (Å²) in [6, 6.07) is 5.15. The highest BCUT2D eigenvalue weighted by Crippen LogP contribution is 2.54. The first-order valence-electron chi connectivity index (χ1n) is 13.1. The van der Waals surface area contributed by atoms with Crippen LogP contribution in [0.1, 0.15) is 90.6 Å². The Morgan fingerprint density at radius 2 is 2.00 bits per heavy atom. The van der Waals surface area contributed by atoms with Crippen LogP contribution in [0.25, 0.3) is 10.2 Å². The summed E-state index contributed by atoms with van der Waals surface area (Å²) in [5, 5.41) is 14.8. The average Bonchev–Trinajstić information content (AvgIpc) is 3.23. The SMILES string of the molecule is O=C(O)c1ccc2nc(N3CCC(OCc4c(C5CC6CCC5C6)noc4C4CC4)CC3)sc2c1. The molecule has 7 rings (SSSR count). The van der Waals surface area contributed by atoms with Crippen LogP contribution in [0.5, 0.6) is 0 Å². The molecule has 3 heterocycles. The molecule has 1 saturated heterocycles. The number of carbonyl (C=O) groups is 1. The third kappa shape index (κ3) is 4.04. The predicted molar refractivity (Wildman–Crippen MR) is 133 cm³/mol. The van der Waals surface area contributed by atoms with Gasteiger partial charge in [-0.05, 0) is 75.0 Å². The molecule has 3 aliphatic carbocycles. The summed E-state index contributed by atoms with van der Waals surface area (Å²) in [7, 11) is 0. The van der Waals surface area contributed by atoms with E-state index in [9.17, 15) is 9.90 Å². The summed E-state index contributed by atoms with van der Waals surface area (Å²) in [5.41, 5.74) is 3.66. The predicted octanol–water partition coefficient (Wildman–Crippen LogP) is 5.95. The Labute approximate surface area is 208 Å². The van der Waals surface area contributed by atoms with Crippen molar-refractivity contribution < 1.29 is 19.2 Å². The van der Waals surface area contributed by atoms with E-state index in [1.54, 1.807) is 29.5 Å². The largest absolute Gasteiger partial charge is 0.478 e. The number of hydrogen-bond donors (Lipinski definition) is 1. The molecule has 3 unspecified atom stereocenters. The minimum absolute atomic E-state index is 0.231. The lowest BCUT2D eigenvalue weighted by atomic mass is 9.84. The molecule has 184 valence electrons. The van der Waals surface area contributed by atoms with Gasteiger partial charge < -0.3 is 19.3 Å². The average molecular weight is 494 g/mol. The molecule has 4 aliphatic rings. The Morgan fingerprint density at radius 3 is 2.71 bits per heavy atom. The molecule has 0 spiro atoms. The summed E-state index contributed by atoms with van der Waals surface area (Å²) >= 11 is 1.57. The summed E-state index contributed by atoms with van der Waals surface area (Å²) in [6.45, 7) is 2.42. The number of ether oxygens (including phenoxy) is 1. The first kappa shape index (κ1) is 21.8. The molecule has 2 aromatic heterocycles. The van der Waals surface area contributed by atoms with E-state index in [1.807, 2.05) is 0 Å². The highest BCUT2D eigenvalue weighted by atomic mass is 32.1. The van der Waals surface area contributed by atoms with Gasteiger partial charge in [0.1, 0.15) is 5.76 Å². The first-order valence-corrected chi connectivity index (χ1v) is 13.9. The van der Waals surface area contributed by atoms with Gasteiger partial charge in [0.05, 0.1) is 34.2 Å². The van der Waals surface area contributed by atoms with Crippen LogP contribution in [-0.2, 0) is 11.3 Å². The molecule has 0 radical (unpaired) electrons. The summed E-state index contributed by atoms with van der Waals surface area (Å²) in [6.07, 6.45) is 9.99.